The summed E-state index contributed by atoms with van der Waals surface area (Å²) in [5.41, 5.74) is 5.35. The molecule has 8 heteroatoms. The molecule has 5 atom stereocenters. The summed E-state index contributed by atoms with van der Waals surface area (Å²) in [6.45, 7) is 1.07. The second-order valence-electron chi connectivity index (χ2n) is 10.5. The van der Waals surface area contributed by atoms with Crippen LogP contribution in [0.15, 0.2) is 59.3 Å². The number of nitrogens with one attached hydrogen (secondary N) is 1. The number of carbonyl (C=O) groups excluding carboxylic acids is 2. The molecule has 2 saturated carbocycles. The van der Waals surface area contributed by atoms with Gasteiger partial charge in [-0.3, -0.25) is 4.79 Å². The summed E-state index contributed by atoms with van der Waals surface area (Å²) in [5, 5.41) is 15.4. The van der Waals surface area contributed by atoms with Gasteiger partial charge < -0.3 is 20.5 Å². The Balaban J connectivity index is 1.16. The second kappa shape index (κ2) is 11.1. The fourth-order valence-electron chi connectivity index (χ4n) is 6.27. The van der Waals surface area contributed by atoms with E-state index in [4.69, 9.17) is 10.5 Å². The zero-order valence-electron chi connectivity index (χ0n) is 21.1. The maximum atomic E-state index is 13.5. The predicted molar refractivity (Wildman–Crippen MR) is 146 cm³/mol. The van der Waals surface area contributed by atoms with Crippen LogP contribution in [0, 0.1) is 11.8 Å². The normalized spacial score (nSPS) is 23.7. The highest BCUT2D eigenvalue weighted by Crippen LogP contribution is 2.47. The average molecular weight is 540 g/mol. The Bertz CT molecular complexity index is 1160. The Morgan fingerprint density at radius 1 is 1.05 bits per heavy atom. The number of amides is 1. The monoisotopic (exact) mass is 539 g/mol. The first-order valence-corrected chi connectivity index (χ1v) is 14.9. The van der Waals surface area contributed by atoms with Crippen molar-refractivity contribution in [1.82, 2.24) is 0 Å². The van der Waals surface area contributed by atoms with Crippen LogP contribution in [0.4, 0.5) is 0 Å². The molecule has 2 bridgehead atoms. The molecule has 1 amide bonds. The topological polar surface area (TPSA) is 94.1 Å². The van der Waals surface area contributed by atoms with E-state index in [2.05, 4.69) is 7.05 Å². The molecule has 0 radical (unpaired) electrons. The van der Waals surface area contributed by atoms with Crippen molar-refractivity contribution in [2.24, 2.45) is 17.6 Å². The minimum Gasteiger partial charge on any atom is -0.459 e. The Morgan fingerprint density at radius 3 is 2.32 bits per heavy atom. The largest absolute Gasteiger partial charge is 0.459 e. The van der Waals surface area contributed by atoms with E-state index in [0.717, 1.165) is 45.1 Å². The van der Waals surface area contributed by atoms with Crippen LogP contribution in [0.1, 0.15) is 57.8 Å². The van der Waals surface area contributed by atoms with Crippen molar-refractivity contribution < 1.29 is 24.3 Å². The summed E-state index contributed by atoms with van der Waals surface area (Å²) in [6.07, 6.45) is 6.28. The van der Waals surface area contributed by atoms with E-state index in [9.17, 15) is 14.7 Å². The van der Waals surface area contributed by atoms with E-state index < -0.39 is 17.5 Å². The quantitative estimate of drug-likeness (QED) is 0.257. The number of aliphatic hydroxyl groups is 1. The number of quaternary nitrogens is 1. The molecule has 3 aromatic rings. The molecule has 0 aliphatic heterocycles. The number of unbranched alkanes of at least 4 members (excludes halogenated alkanes) is 1. The molecule has 37 heavy (non-hydrogen) atoms. The minimum absolute atomic E-state index is 0.123. The van der Waals surface area contributed by atoms with E-state index in [-0.39, 0.29) is 6.10 Å². The third-order valence-electron chi connectivity index (χ3n) is 8.28. The minimum atomic E-state index is -1.74. The third kappa shape index (κ3) is 5.25. The van der Waals surface area contributed by atoms with Gasteiger partial charge in [-0.15, -0.1) is 22.7 Å². The van der Waals surface area contributed by atoms with Gasteiger partial charge in [0.2, 0.25) is 11.5 Å². The Morgan fingerprint density at radius 2 is 1.73 bits per heavy atom. The van der Waals surface area contributed by atoms with E-state index in [1.807, 2.05) is 47.2 Å². The fourth-order valence-corrected chi connectivity index (χ4v) is 7.99. The number of thiophene rings is 2. The molecule has 4 N–H and O–H groups in total. The van der Waals surface area contributed by atoms with Crippen LogP contribution < -0.4 is 10.6 Å². The van der Waals surface area contributed by atoms with Gasteiger partial charge in [0.1, 0.15) is 6.10 Å². The smallest absolute Gasteiger partial charge is 0.349 e. The average Bonchev–Trinajstić information content (AvgIpc) is 3.72. The maximum Gasteiger partial charge on any atom is 0.349 e. The molecule has 2 aliphatic carbocycles. The van der Waals surface area contributed by atoms with Crippen molar-refractivity contribution in [2.75, 3.05) is 13.6 Å². The van der Waals surface area contributed by atoms with E-state index in [1.54, 1.807) is 12.1 Å². The first-order chi connectivity index (χ1) is 17.9. The lowest BCUT2D eigenvalue weighted by Gasteiger charge is -2.29. The second-order valence-corrected chi connectivity index (χ2v) is 12.4. The number of nitrogens with two attached hydrogens (primary N) is 1. The van der Waals surface area contributed by atoms with Crippen LogP contribution in [0.5, 0.6) is 0 Å². The van der Waals surface area contributed by atoms with E-state index >= 15 is 0 Å². The molecule has 1 aromatic carbocycles. The van der Waals surface area contributed by atoms with Crippen LogP contribution in [0.25, 0.3) is 0 Å². The van der Waals surface area contributed by atoms with Crippen LogP contribution in [0.3, 0.4) is 0 Å². The highest BCUT2D eigenvalue weighted by atomic mass is 32.1. The molecular weight excluding hydrogens is 504 g/mol. The Hall–Kier alpha value is -2.52. The Labute approximate surface area is 226 Å². The molecule has 0 spiro atoms. The molecular formula is C29H35N2O4S2+. The molecule has 5 rings (SSSR count). The first kappa shape index (κ1) is 26.1. The number of esters is 1. The number of aryl methyl sites for hydroxylation is 1. The van der Waals surface area contributed by atoms with Crippen LogP contribution in [0.2, 0.25) is 0 Å². The van der Waals surface area contributed by atoms with Crippen molar-refractivity contribution in [3.63, 3.8) is 0 Å². The lowest BCUT2D eigenvalue weighted by Crippen LogP contribution is -3.13. The summed E-state index contributed by atoms with van der Waals surface area (Å²) >= 11 is 2.76. The summed E-state index contributed by atoms with van der Waals surface area (Å²) in [6, 6.07) is 15.4. The van der Waals surface area contributed by atoms with Crippen molar-refractivity contribution in [1.29, 1.82) is 0 Å². The Kier molecular flexibility index (Phi) is 7.81. The van der Waals surface area contributed by atoms with Gasteiger partial charge in [0.05, 0.1) is 29.4 Å². The first-order valence-electron chi connectivity index (χ1n) is 13.1. The van der Waals surface area contributed by atoms with Gasteiger partial charge in [-0.25, -0.2) is 4.79 Å². The zero-order chi connectivity index (χ0) is 26.0. The molecule has 6 nitrogen and oxygen atoms in total. The maximum absolute atomic E-state index is 13.5. The standard InChI is InChI=1S/C29H34N2O4S2/c1-31(15-3-2-6-19-9-11-20(12-10-19)27(30)32)23-18-21-13-14-22(23)26(21)35-28(33)29(34,24-7-4-16-36-24)25-8-5-17-37-25/h4-5,7-12,16-17,21-23,26,34H,2-3,6,13-15,18H2,1H3,(H2,30,32)/p+1. The lowest BCUT2D eigenvalue weighted by atomic mass is 9.94. The van der Waals surface area contributed by atoms with Crippen LogP contribution in [-0.4, -0.2) is 42.7 Å². The SMILES string of the molecule is C[NH+](CCCCc1ccc(C(N)=O)cc1)C1CC2CCC1C2OC(=O)C(O)(c1cccs1)c1cccs1. The van der Waals surface area contributed by atoms with E-state index in [1.165, 1.54) is 33.1 Å². The van der Waals surface area contributed by atoms with Crippen molar-refractivity contribution in [2.45, 2.75) is 56.3 Å². The van der Waals surface area contributed by atoms with Crippen LogP contribution in [-0.2, 0) is 21.6 Å². The fraction of sp³-hybridized carbons (Fsp3) is 0.448. The van der Waals surface area contributed by atoms with E-state index in [0.29, 0.717) is 33.2 Å². The lowest BCUT2D eigenvalue weighted by molar-refractivity contribution is -0.910. The van der Waals surface area contributed by atoms with Gasteiger partial charge in [-0.2, -0.15) is 0 Å². The predicted octanol–water partition coefficient (Wildman–Crippen LogP) is 3.39. The molecule has 196 valence electrons. The third-order valence-corrected chi connectivity index (χ3v) is 10.2. The summed E-state index contributed by atoms with van der Waals surface area (Å²) in [5.74, 6) is -0.228. The van der Waals surface area contributed by atoms with Crippen molar-refractivity contribution in [3.05, 3.63) is 80.2 Å². The van der Waals surface area contributed by atoms with Crippen molar-refractivity contribution in [3.8, 4) is 0 Å². The summed E-state index contributed by atoms with van der Waals surface area (Å²) in [7, 11) is 2.26. The van der Waals surface area contributed by atoms with Gasteiger partial charge in [0.15, 0.2) is 0 Å². The molecule has 2 aromatic heterocycles. The highest BCUT2D eigenvalue weighted by molar-refractivity contribution is 7.12. The van der Waals surface area contributed by atoms with Gasteiger partial charge in [-0.1, -0.05) is 24.3 Å². The number of hydrogen-bond acceptors (Lipinski definition) is 6. The highest BCUT2D eigenvalue weighted by Gasteiger charge is 2.55. The van der Waals surface area contributed by atoms with Gasteiger partial charge in [0, 0.05) is 23.8 Å². The number of carbonyl (C=O) groups is 2. The van der Waals surface area contributed by atoms with Gasteiger partial charge in [0.25, 0.3) is 0 Å². The van der Waals surface area contributed by atoms with Crippen molar-refractivity contribution >= 4 is 34.6 Å². The van der Waals surface area contributed by atoms with Gasteiger partial charge >= 0.3 is 5.97 Å². The van der Waals surface area contributed by atoms with Crippen LogP contribution >= 0.6 is 22.7 Å². The number of primary amides is 1. The number of benzene rings is 1. The molecule has 2 aliphatic rings. The molecule has 2 heterocycles. The number of hydrogen-bond donors (Lipinski definition) is 3. The molecule has 2 fully saturated rings. The number of ether oxygens (including phenoxy) is 1. The number of rotatable bonds is 11. The van der Waals surface area contributed by atoms with Gasteiger partial charge in [-0.05, 0) is 72.7 Å². The zero-order valence-corrected chi connectivity index (χ0v) is 22.7. The summed E-state index contributed by atoms with van der Waals surface area (Å²) < 4.78 is 6.18. The molecule has 5 unspecified atom stereocenters. The summed E-state index contributed by atoms with van der Waals surface area (Å²) in [4.78, 5) is 27.5. The number of fused-ring (bicyclic) bond motifs is 2. The molecule has 0 saturated heterocycles.